The number of hydrogen-bond donors (Lipinski definition) is 2. The van der Waals surface area contributed by atoms with E-state index in [1.54, 1.807) is 0 Å². The van der Waals surface area contributed by atoms with Crippen molar-refractivity contribution in [2.75, 3.05) is 6.54 Å². The lowest BCUT2D eigenvalue weighted by Gasteiger charge is -2.09. The van der Waals surface area contributed by atoms with Gasteiger partial charge in [-0.25, -0.2) is 4.98 Å². The van der Waals surface area contributed by atoms with Crippen molar-refractivity contribution in [1.82, 2.24) is 25.1 Å². The lowest BCUT2D eigenvalue weighted by molar-refractivity contribution is 0.487. The Balaban J connectivity index is 1.76. The Morgan fingerprint density at radius 1 is 1.42 bits per heavy atom. The SMILES string of the molecule is CC(C)CCn1cc(-c2nc3c([nH]2)CNCC3)cn1. The van der Waals surface area contributed by atoms with Gasteiger partial charge in [-0.05, 0) is 12.3 Å². The van der Waals surface area contributed by atoms with Gasteiger partial charge in [0, 0.05) is 32.3 Å². The first-order chi connectivity index (χ1) is 9.22. The molecular weight excluding hydrogens is 238 g/mol. The summed E-state index contributed by atoms with van der Waals surface area (Å²) in [6.45, 7) is 7.35. The van der Waals surface area contributed by atoms with Crippen molar-refractivity contribution in [3.63, 3.8) is 0 Å². The summed E-state index contributed by atoms with van der Waals surface area (Å²) in [5, 5.41) is 7.76. The van der Waals surface area contributed by atoms with E-state index in [4.69, 9.17) is 0 Å². The number of aromatic nitrogens is 4. The zero-order valence-corrected chi connectivity index (χ0v) is 11.6. The Bertz CT molecular complexity index is 528. The number of hydrogen-bond acceptors (Lipinski definition) is 3. The minimum Gasteiger partial charge on any atom is -0.340 e. The minimum absolute atomic E-state index is 0.703. The normalized spacial score (nSPS) is 14.9. The Labute approximate surface area is 113 Å². The van der Waals surface area contributed by atoms with Gasteiger partial charge in [-0.1, -0.05) is 13.8 Å². The molecule has 2 aromatic heterocycles. The van der Waals surface area contributed by atoms with E-state index in [2.05, 4.69) is 40.4 Å². The van der Waals surface area contributed by atoms with Gasteiger partial charge in [-0.15, -0.1) is 0 Å². The molecule has 1 aliphatic heterocycles. The van der Waals surface area contributed by atoms with Crippen LogP contribution in [0.2, 0.25) is 0 Å². The van der Waals surface area contributed by atoms with Crippen LogP contribution in [-0.4, -0.2) is 26.3 Å². The van der Waals surface area contributed by atoms with E-state index in [0.29, 0.717) is 5.92 Å². The van der Waals surface area contributed by atoms with Crippen molar-refractivity contribution in [2.24, 2.45) is 5.92 Å². The fourth-order valence-corrected chi connectivity index (χ4v) is 2.35. The van der Waals surface area contributed by atoms with Gasteiger partial charge in [0.15, 0.2) is 0 Å². The van der Waals surface area contributed by atoms with E-state index >= 15 is 0 Å². The Morgan fingerprint density at radius 2 is 2.32 bits per heavy atom. The van der Waals surface area contributed by atoms with E-state index in [9.17, 15) is 0 Å². The van der Waals surface area contributed by atoms with Crippen LogP contribution in [0.5, 0.6) is 0 Å². The molecule has 3 rings (SSSR count). The highest BCUT2D eigenvalue weighted by atomic mass is 15.3. The van der Waals surface area contributed by atoms with Gasteiger partial charge in [0.2, 0.25) is 0 Å². The minimum atomic E-state index is 0.703. The van der Waals surface area contributed by atoms with E-state index in [1.807, 2.05) is 10.9 Å². The molecule has 0 atom stereocenters. The number of imidazole rings is 1. The molecule has 0 amide bonds. The van der Waals surface area contributed by atoms with Crippen molar-refractivity contribution in [3.8, 4) is 11.4 Å². The van der Waals surface area contributed by atoms with E-state index in [-0.39, 0.29) is 0 Å². The Hall–Kier alpha value is -1.62. The summed E-state index contributed by atoms with van der Waals surface area (Å²) >= 11 is 0. The molecule has 0 fully saturated rings. The highest BCUT2D eigenvalue weighted by molar-refractivity contribution is 5.53. The molecule has 0 saturated carbocycles. The van der Waals surface area contributed by atoms with Crippen LogP contribution in [0, 0.1) is 5.92 Å². The largest absolute Gasteiger partial charge is 0.340 e. The lowest BCUT2D eigenvalue weighted by atomic mass is 10.1. The first-order valence-electron chi connectivity index (χ1n) is 7.03. The lowest BCUT2D eigenvalue weighted by Crippen LogP contribution is -2.23. The third-order valence-corrected chi connectivity index (χ3v) is 3.55. The molecule has 5 nitrogen and oxygen atoms in total. The van der Waals surface area contributed by atoms with Gasteiger partial charge < -0.3 is 10.3 Å². The molecule has 0 aromatic carbocycles. The molecule has 0 saturated heterocycles. The van der Waals surface area contributed by atoms with Crippen molar-refractivity contribution in [3.05, 3.63) is 23.8 Å². The molecule has 5 heteroatoms. The molecule has 0 unspecified atom stereocenters. The average molecular weight is 259 g/mol. The standard InChI is InChI=1S/C14H21N5/c1-10(2)4-6-19-9-11(7-16-19)14-17-12-3-5-15-8-13(12)18-14/h7,9-10,15H,3-6,8H2,1-2H3,(H,17,18). The van der Waals surface area contributed by atoms with Crippen LogP contribution in [0.15, 0.2) is 12.4 Å². The van der Waals surface area contributed by atoms with Gasteiger partial charge in [-0.2, -0.15) is 5.10 Å². The van der Waals surface area contributed by atoms with Crippen LogP contribution in [-0.2, 0) is 19.5 Å². The van der Waals surface area contributed by atoms with Crippen LogP contribution in [0.3, 0.4) is 0 Å². The fourth-order valence-electron chi connectivity index (χ4n) is 2.35. The third kappa shape index (κ3) is 2.71. The predicted octanol–water partition coefficient (Wildman–Crippen LogP) is 1.96. The zero-order chi connectivity index (χ0) is 13.2. The average Bonchev–Trinajstić information content (AvgIpc) is 3.02. The number of aryl methyl sites for hydroxylation is 1. The predicted molar refractivity (Wildman–Crippen MR) is 74.7 cm³/mol. The maximum absolute atomic E-state index is 4.68. The summed E-state index contributed by atoms with van der Waals surface area (Å²) in [4.78, 5) is 8.08. The Kier molecular flexibility index (Phi) is 3.38. The molecule has 3 heterocycles. The van der Waals surface area contributed by atoms with Gasteiger partial charge in [-0.3, -0.25) is 4.68 Å². The number of aromatic amines is 1. The van der Waals surface area contributed by atoms with Crippen LogP contribution >= 0.6 is 0 Å². The van der Waals surface area contributed by atoms with Crippen molar-refractivity contribution in [1.29, 1.82) is 0 Å². The van der Waals surface area contributed by atoms with E-state index in [0.717, 1.165) is 43.9 Å². The van der Waals surface area contributed by atoms with Crippen molar-refractivity contribution < 1.29 is 0 Å². The number of nitrogens with one attached hydrogen (secondary N) is 2. The second kappa shape index (κ2) is 5.17. The number of nitrogens with zero attached hydrogens (tertiary/aromatic N) is 3. The maximum Gasteiger partial charge on any atom is 0.141 e. The molecule has 19 heavy (non-hydrogen) atoms. The molecule has 0 radical (unpaired) electrons. The first kappa shape index (κ1) is 12.4. The maximum atomic E-state index is 4.68. The molecule has 0 spiro atoms. The van der Waals surface area contributed by atoms with Gasteiger partial charge in [0.1, 0.15) is 5.82 Å². The van der Waals surface area contributed by atoms with Gasteiger partial charge >= 0.3 is 0 Å². The van der Waals surface area contributed by atoms with Gasteiger partial charge in [0.05, 0.1) is 23.1 Å². The number of rotatable bonds is 4. The third-order valence-electron chi connectivity index (χ3n) is 3.55. The molecular formula is C14H21N5. The summed E-state index contributed by atoms with van der Waals surface area (Å²) in [7, 11) is 0. The van der Waals surface area contributed by atoms with Crippen LogP contribution in [0.4, 0.5) is 0 Å². The van der Waals surface area contributed by atoms with Gasteiger partial charge in [0.25, 0.3) is 0 Å². The monoisotopic (exact) mass is 259 g/mol. The molecule has 1 aliphatic rings. The molecule has 0 aliphatic carbocycles. The van der Waals surface area contributed by atoms with E-state index in [1.165, 1.54) is 11.4 Å². The second-order valence-electron chi connectivity index (χ2n) is 5.61. The summed E-state index contributed by atoms with van der Waals surface area (Å²) < 4.78 is 2.01. The fraction of sp³-hybridized carbons (Fsp3) is 0.571. The van der Waals surface area contributed by atoms with E-state index < -0.39 is 0 Å². The highest BCUT2D eigenvalue weighted by Crippen LogP contribution is 2.19. The van der Waals surface area contributed by atoms with Crippen molar-refractivity contribution in [2.45, 2.75) is 39.8 Å². The van der Waals surface area contributed by atoms with Crippen molar-refractivity contribution >= 4 is 0 Å². The highest BCUT2D eigenvalue weighted by Gasteiger charge is 2.15. The molecule has 2 aromatic rings. The Morgan fingerprint density at radius 3 is 3.11 bits per heavy atom. The smallest absolute Gasteiger partial charge is 0.141 e. The second-order valence-corrected chi connectivity index (χ2v) is 5.61. The first-order valence-corrected chi connectivity index (χ1v) is 7.03. The quantitative estimate of drug-likeness (QED) is 0.882. The molecule has 2 N–H and O–H groups in total. The number of fused-ring (bicyclic) bond motifs is 1. The summed E-state index contributed by atoms with van der Waals surface area (Å²) in [6, 6.07) is 0. The van der Waals surface area contributed by atoms with Crippen LogP contribution < -0.4 is 5.32 Å². The zero-order valence-electron chi connectivity index (χ0n) is 11.6. The summed E-state index contributed by atoms with van der Waals surface area (Å²) in [5.74, 6) is 1.65. The molecule has 102 valence electrons. The van der Waals surface area contributed by atoms with Crippen LogP contribution in [0.1, 0.15) is 31.7 Å². The summed E-state index contributed by atoms with van der Waals surface area (Å²) in [5.41, 5.74) is 3.50. The topological polar surface area (TPSA) is 58.5 Å². The number of H-pyrrole nitrogens is 1. The summed E-state index contributed by atoms with van der Waals surface area (Å²) in [6.07, 6.45) is 6.14. The molecule has 0 bridgehead atoms. The van der Waals surface area contributed by atoms with Crippen LogP contribution in [0.25, 0.3) is 11.4 Å².